The lowest BCUT2D eigenvalue weighted by Gasteiger charge is -2.12. The highest BCUT2D eigenvalue weighted by Gasteiger charge is 2.09. The molecule has 0 atom stereocenters. The number of carbonyl (C=O) groups is 1. The molecule has 0 aliphatic carbocycles. The Morgan fingerprint density at radius 2 is 2.05 bits per heavy atom. The SMILES string of the molecule is Cc1cc(C)c(NC(=O)Nc2cccnc2)c(Cl)c1. The number of nitrogens with one attached hydrogen (secondary N) is 2. The molecular weight excluding hydrogens is 262 g/mol. The van der Waals surface area contributed by atoms with Gasteiger partial charge in [0.2, 0.25) is 0 Å². The number of urea groups is 1. The van der Waals surface area contributed by atoms with Crippen LogP contribution in [0.3, 0.4) is 0 Å². The molecule has 0 aliphatic rings. The van der Waals surface area contributed by atoms with Crippen molar-refractivity contribution >= 4 is 29.0 Å². The number of pyridine rings is 1. The van der Waals surface area contributed by atoms with Crippen molar-refractivity contribution in [1.29, 1.82) is 0 Å². The van der Waals surface area contributed by atoms with Gasteiger partial charge < -0.3 is 10.6 Å². The van der Waals surface area contributed by atoms with Crippen LogP contribution in [0.2, 0.25) is 5.02 Å². The summed E-state index contributed by atoms with van der Waals surface area (Å²) in [6.07, 6.45) is 3.22. The number of anilines is 2. The zero-order valence-electron chi connectivity index (χ0n) is 10.7. The van der Waals surface area contributed by atoms with Crippen molar-refractivity contribution in [2.45, 2.75) is 13.8 Å². The first kappa shape index (κ1) is 13.4. The highest BCUT2D eigenvalue weighted by Crippen LogP contribution is 2.27. The van der Waals surface area contributed by atoms with Crippen LogP contribution in [0.4, 0.5) is 16.2 Å². The maximum Gasteiger partial charge on any atom is 0.323 e. The number of hydrogen-bond acceptors (Lipinski definition) is 2. The topological polar surface area (TPSA) is 54.0 Å². The minimum Gasteiger partial charge on any atom is -0.306 e. The van der Waals surface area contributed by atoms with Crippen molar-refractivity contribution in [1.82, 2.24) is 4.98 Å². The highest BCUT2D eigenvalue weighted by molar-refractivity contribution is 6.34. The van der Waals surface area contributed by atoms with Crippen LogP contribution in [0.5, 0.6) is 0 Å². The molecule has 0 unspecified atom stereocenters. The third-order valence-electron chi connectivity index (χ3n) is 2.59. The fourth-order valence-electron chi connectivity index (χ4n) is 1.79. The number of nitrogens with zero attached hydrogens (tertiary/aromatic N) is 1. The Hall–Kier alpha value is -2.07. The Kier molecular flexibility index (Phi) is 4.02. The lowest BCUT2D eigenvalue weighted by Crippen LogP contribution is -2.20. The van der Waals surface area contributed by atoms with Crippen molar-refractivity contribution in [2.24, 2.45) is 0 Å². The standard InChI is InChI=1S/C14H14ClN3O/c1-9-6-10(2)13(12(15)7-9)18-14(19)17-11-4-3-5-16-8-11/h3-8H,1-2H3,(H2,17,18,19). The summed E-state index contributed by atoms with van der Waals surface area (Å²) in [7, 11) is 0. The van der Waals surface area contributed by atoms with Gasteiger partial charge in [-0.15, -0.1) is 0 Å². The largest absolute Gasteiger partial charge is 0.323 e. The van der Waals surface area contributed by atoms with Crippen molar-refractivity contribution in [3.05, 3.63) is 52.8 Å². The zero-order chi connectivity index (χ0) is 13.8. The predicted octanol–water partition coefficient (Wildman–Crippen LogP) is 4.00. The average molecular weight is 276 g/mol. The van der Waals surface area contributed by atoms with Gasteiger partial charge >= 0.3 is 6.03 Å². The van der Waals surface area contributed by atoms with Gasteiger partial charge in [-0.25, -0.2) is 4.79 Å². The van der Waals surface area contributed by atoms with Crippen LogP contribution < -0.4 is 10.6 Å². The minimum atomic E-state index is -0.346. The van der Waals surface area contributed by atoms with E-state index in [1.807, 2.05) is 26.0 Å². The molecule has 0 saturated heterocycles. The Morgan fingerprint density at radius 1 is 1.26 bits per heavy atom. The van der Waals surface area contributed by atoms with Gasteiger partial charge in [-0.05, 0) is 43.2 Å². The monoisotopic (exact) mass is 275 g/mol. The van der Waals surface area contributed by atoms with E-state index in [9.17, 15) is 4.79 Å². The number of halogens is 1. The summed E-state index contributed by atoms with van der Waals surface area (Å²) in [6, 6.07) is 6.94. The van der Waals surface area contributed by atoms with E-state index in [1.54, 1.807) is 24.5 Å². The van der Waals surface area contributed by atoms with Gasteiger partial charge in [0.15, 0.2) is 0 Å². The third kappa shape index (κ3) is 3.45. The van der Waals surface area contributed by atoms with E-state index in [1.165, 1.54) is 0 Å². The number of amides is 2. The number of aryl methyl sites for hydroxylation is 2. The maximum absolute atomic E-state index is 11.9. The fraction of sp³-hybridized carbons (Fsp3) is 0.143. The lowest BCUT2D eigenvalue weighted by molar-refractivity contribution is 0.262. The molecule has 5 heteroatoms. The van der Waals surface area contributed by atoms with Crippen LogP contribution >= 0.6 is 11.6 Å². The first-order chi connectivity index (χ1) is 9.06. The molecule has 4 nitrogen and oxygen atoms in total. The van der Waals surface area contributed by atoms with Crippen molar-refractivity contribution in [3.8, 4) is 0 Å². The first-order valence-corrected chi connectivity index (χ1v) is 6.19. The lowest BCUT2D eigenvalue weighted by atomic mass is 10.1. The van der Waals surface area contributed by atoms with E-state index in [4.69, 9.17) is 11.6 Å². The van der Waals surface area contributed by atoms with Crippen molar-refractivity contribution < 1.29 is 4.79 Å². The molecule has 1 heterocycles. The van der Waals surface area contributed by atoms with Gasteiger partial charge in [0.1, 0.15) is 0 Å². The summed E-state index contributed by atoms with van der Waals surface area (Å²) in [5.74, 6) is 0. The molecule has 0 radical (unpaired) electrons. The second-order valence-corrected chi connectivity index (χ2v) is 4.67. The maximum atomic E-state index is 11.9. The molecule has 0 aliphatic heterocycles. The van der Waals surface area contributed by atoms with Crippen LogP contribution in [0, 0.1) is 13.8 Å². The van der Waals surface area contributed by atoms with E-state index in [0.717, 1.165) is 11.1 Å². The molecule has 2 rings (SSSR count). The minimum absolute atomic E-state index is 0.346. The average Bonchev–Trinajstić information content (AvgIpc) is 2.35. The van der Waals surface area contributed by atoms with E-state index in [0.29, 0.717) is 16.4 Å². The molecule has 0 bridgehead atoms. The number of carbonyl (C=O) groups excluding carboxylic acids is 1. The molecule has 2 N–H and O–H groups in total. The summed E-state index contributed by atoms with van der Waals surface area (Å²) in [4.78, 5) is 15.8. The van der Waals surface area contributed by atoms with Crippen LogP contribution in [0.15, 0.2) is 36.7 Å². The highest BCUT2D eigenvalue weighted by atomic mass is 35.5. The van der Waals surface area contributed by atoms with Gasteiger partial charge in [-0.2, -0.15) is 0 Å². The molecule has 0 fully saturated rings. The zero-order valence-corrected chi connectivity index (χ0v) is 11.5. The Bertz CT molecular complexity index is 576. The number of aromatic nitrogens is 1. The van der Waals surface area contributed by atoms with Gasteiger partial charge in [0.25, 0.3) is 0 Å². The normalized spacial score (nSPS) is 10.1. The predicted molar refractivity (Wildman–Crippen MR) is 77.8 cm³/mol. The third-order valence-corrected chi connectivity index (χ3v) is 2.89. The number of rotatable bonds is 2. The van der Waals surface area contributed by atoms with E-state index in [-0.39, 0.29) is 6.03 Å². The van der Waals surface area contributed by atoms with Crippen LogP contribution in [0.1, 0.15) is 11.1 Å². The summed E-state index contributed by atoms with van der Waals surface area (Å²) in [5.41, 5.74) is 3.22. The number of hydrogen-bond donors (Lipinski definition) is 2. The molecule has 19 heavy (non-hydrogen) atoms. The molecule has 1 aromatic carbocycles. The summed E-state index contributed by atoms with van der Waals surface area (Å²) in [5, 5.41) is 5.96. The molecule has 98 valence electrons. The Labute approximate surface area is 116 Å². The van der Waals surface area contributed by atoms with Gasteiger partial charge in [0.05, 0.1) is 22.6 Å². The molecule has 0 spiro atoms. The van der Waals surface area contributed by atoms with Crippen LogP contribution in [0.25, 0.3) is 0 Å². The molecule has 0 saturated carbocycles. The second-order valence-electron chi connectivity index (χ2n) is 4.26. The fourth-order valence-corrected chi connectivity index (χ4v) is 2.16. The first-order valence-electron chi connectivity index (χ1n) is 5.81. The van der Waals surface area contributed by atoms with Crippen LogP contribution in [-0.2, 0) is 0 Å². The molecule has 2 aromatic rings. The van der Waals surface area contributed by atoms with E-state index >= 15 is 0 Å². The summed E-state index contributed by atoms with van der Waals surface area (Å²) >= 11 is 6.13. The quantitative estimate of drug-likeness (QED) is 0.870. The smallest absolute Gasteiger partial charge is 0.306 e. The van der Waals surface area contributed by atoms with Gasteiger partial charge in [-0.1, -0.05) is 17.7 Å². The second kappa shape index (κ2) is 5.71. The summed E-state index contributed by atoms with van der Waals surface area (Å²) in [6.45, 7) is 3.86. The number of benzene rings is 1. The molecule has 2 amide bonds. The van der Waals surface area contributed by atoms with E-state index < -0.39 is 0 Å². The van der Waals surface area contributed by atoms with E-state index in [2.05, 4.69) is 15.6 Å². The Balaban J connectivity index is 2.12. The van der Waals surface area contributed by atoms with Gasteiger partial charge in [0, 0.05) is 6.20 Å². The molecule has 1 aromatic heterocycles. The summed E-state index contributed by atoms with van der Waals surface area (Å²) < 4.78 is 0. The van der Waals surface area contributed by atoms with Gasteiger partial charge in [-0.3, -0.25) is 4.98 Å². The van der Waals surface area contributed by atoms with Crippen molar-refractivity contribution in [3.63, 3.8) is 0 Å². The Morgan fingerprint density at radius 3 is 2.68 bits per heavy atom. The van der Waals surface area contributed by atoms with Crippen molar-refractivity contribution in [2.75, 3.05) is 10.6 Å². The van der Waals surface area contributed by atoms with Crippen LogP contribution in [-0.4, -0.2) is 11.0 Å². The molecular formula is C14H14ClN3O.